The summed E-state index contributed by atoms with van der Waals surface area (Å²) < 4.78 is 1.74. The number of aromatic nitrogens is 2. The Morgan fingerprint density at radius 3 is 2.83 bits per heavy atom. The van der Waals surface area contributed by atoms with Gasteiger partial charge in [0.2, 0.25) is 0 Å². The molecule has 0 saturated heterocycles. The molecule has 0 spiro atoms. The molecule has 0 aliphatic heterocycles. The molecule has 1 rings (SSSR count). The third-order valence-electron chi connectivity index (χ3n) is 1.65. The van der Waals surface area contributed by atoms with Crippen LogP contribution in [-0.4, -0.2) is 21.0 Å². The minimum absolute atomic E-state index is 0.398. The molecule has 1 aromatic rings. The van der Waals surface area contributed by atoms with Crippen molar-refractivity contribution in [1.82, 2.24) is 9.78 Å². The highest BCUT2D eigenvalue weighted by molar-refractivity contribution is 5.62. The molecule has 0 bridgehead atoms. The van der Waals surface area contributed by atoms with Crippen molar-refractivity contribution in [2.75, 3.05) is 0 Å². The first-order chi connectivity index (χ1) is 5.59. The van der Waals surface area contributed by atoms with Gasteiger partial charge in [-0.2, -0.15) is 5.10 Å². The number of hydrogen-bond donors (Lipinski definition) is 1. The van der Waals surface area contributed by atoms with E-state index < -0.39 is 6.10 Å². The lowest BCUT2D eigenvalue weighted by Crippen LogP contribution is -1.93. The first kappa shape index (κ1) is 9.00. The number of aliphatic hydroxyl groups excluding tert-OH is 1. The second kappa shape index (κ2) is 3.54. The molecule has 0 saturated carbocycles. The van der Waals surface area contributed by atoms with Gasteiger partial charge in [0.15, 0.2) is 0 Å². The van der Waals surface area contributed by atoms with E-state index in [2.05, 4.69) is 5.10 Å². The summed E-state index contributed by atoms with van der Waals surface area (Å²) in [7, 11) is 1.87. The average Bonchev–Trinajstić information content (AvgIpc) is 2.34. The summed E-state index contributed by atoms with van der Waals surface area (Å²) in [5, 5.41) is 13.1. The Balaban J connectivity index is 2.84. The molecule has 0 aliphatic carbocycles. The van der Waals surface area contributed by atoms with E-state index >= 15 is 0 Å². The van der Waals surface area contributed by atoms with Crippen LogP contribution in [0.5, 0.6) is 0 Å². The molecule has 1 aromatic heterocycles. The average molecular weight is 166 g/mol. The number of aliphatic hydroxyl groups is 1. The van der Waals surface area contributed by atoms with Gasteiger partial charge in [-0.05, 0) is 19.4 Å². The van der Waals surface area contributed by atoms with Gasteiger partial charge in [0.25, 0.3) is 0 Å². The molecule has 0 amide bonds. The maximum atomic E-state index is 9.09. The molecule has 3 heteroatoms. The van der Waals surface area contributed by atoms with Gasteiger partial charge in [-0.1, -0.05) is 6.08 Å². The van der Waals surface area contributed by atoms with E-state index in [1.165, 1.54) is 0 Å². The smallest absolute Gasteiger partial charge is 0.0698 e. The first-order valence-electron chi connectivity index (χ1n) is 3.95. The van der Waals surface area contributed by atoms with Gasteiger partial charge in [0.1, 0.15) is 0 Å². The van der Waals surface area contributed by atoms with Crippen LogP contribution in [0.2, 0.25) is 0 Å². The molecule has 1 heterocycles. The fourth-order valence-electron chi connectivity index (χ4n) is 1.08. The lowest BCUT2D eigenvalue weighted by atomic mass is 10.1. The lowest BCUT2D eigenvalue weighted by molar-refractivity contribution is 0.244. The molecule has 12 heavy (non-hydrogen) atoms. The Morgan fingerprint density at radius 1 is 1.75 bits per heavy atom. The van der Waals surface area contributed by atoms with Crippen LogP contribution in [0.1, 0.15) is 19.4 Å². The van der Waals surface area contributed by atoms with Crippen LogP contribution in [0.25, 0.3) is 5.57 Å². The zero-order valence-electron chi connectivity index (χ0n) is 7.65. The van der Waals surface area contributed by atoms with Crippen molar-refractivity contribution in [3.05, 3.63) is 24.0 Å². The molecule has 1 N–H and O–H groups in total. The number of nitrogens with zero attached hydrogens (tertiary/aromatic N) is 2. The second-order valence-electron chi connectivity index (χ2n) is 2.99. The van der Waals surface area contributed by atoms with Crippen molar-refractivity contribution in [3.63, 3.8) is 0 Å². The predicted octanol–water partition coefficient (Wildman–Crippen LogP) is 1.20. The normalized spacial score (nSPS) is 14.8. The third-order valence-corrected chi connectivity index (χ3v) is 1.65. The van der Waals surface area contributed by atoms with Gasteiger partial charge >= 0.3 is 0 Å². The van der Waals surface area contributed by atoms with E-state index in [9.17, 15) is 0 Å². The topological polar surface area (TPSA) is 38.1 Å². The minimum atomic E-state index is -0.398. The van der Waals surface area contributed by atoms with Crippen molar-refractivity contribution in [2.45, 2.75) is 20.0 Å². The van der Waals surface area contributed by atoms with Crippen LogP contribution < -0.4 is 0 Å². The Bertz CT molecular complexity index is 286. The SMILES string of the molecule is C/C(=C/C(C)O)c1cnn(C)c1. The predicted molar refractivity (Wildman–Crippen MR) is 48.5 cm³/mol. The molecule has 0 aliphatic rings. The quantitative estimate of drug-likeness (QED) is 0.717. The summed E-state index contributed by atoms with van der Waals surface area (Å²) in [6, 6.07) is 0. The minimum Gasteiger partial charge on any atom is -0.389 e. The number of rotatable bonds is 2. The molecule has 3 nitrogen and oxygen atoms in total. The van der Waals surface area contributed by atoms with Crippen LogP contribution >= 0.6 is 0 Å². The Morgan fingerprint density at radius 2 is 2.42 bits per heavy atom. The molecule has 66 valence electrons. The van der Waals surface area contributed by atoms with Crippen LogP contribution in [0.4, 0.5) is 0 Å². The van der Waals surface area contributed by atoms with Gasteiger partial charge in [0, 0.05) is 18.8 Å². The van der Waals surface area contributed by atoms with Crippen molar-refractivity contribution < 1.29 is 5.11 Å². The van der Waals surface area contributed by atoms with Crippen molar-refractivity contribution in [2.24, 2.45) is 7.05 Å². The molecule has 1 unspecified atom stereocenters. The Kier molecular flexibility index (Phi) is 2.65. The highest BCUT2D eigenvalue weighted by Gasteiger charge is 1.99. The highest BCUT2D eigenvalue weighted by Crippen LogP contribution is 2.12. The molecule has 0 aromatic carbocycles. The molecule has 1 atom stereocenters. The summed E-state index contributed by atoms with van der Waals surface area (Å²) in [6.07, 6.45) is 5.12. The van der Waals surface area contributed by atoms with Crippen LogP contribution in [-0.2, 0) is 7.05 Å². The van der Waals surface area contributed by atoms with Crippen LogP contribution in [0, 0.1) is 0 Å². The second-order valence-corrected chi connectivity index (χ2v) is 2.99. The zero-order valence-corrected chi connectivity index (χ0v) is 7.65. The lowest BCUT2D eigenvalue weighted by Gasteiger charge is -1.98. The van der Waals surface area contributed by atoms with Crippen LogP contribution in [0.3, 0.4) is 0 Å². The molecule has 0 fully saturated rings. The summed E-state index contributed by atoms with van der Waals surface area (Å²) in [4.78, 5) is 0. The van der Waals surface area contributed by atoms with Gasteiger partial charge in [0.05, 0.1) is 12.3 Å². The van der Waals surface area contributed by atoms with Gasteiger partial charge in [-0.15, -0.1) is 0 Å². The van der Waals surface area contributed by atoms with Gasteiger partial charge < -0.3 is 5.11 Å². The van der Waals surface area contributed by atoms with E-state index in [1.807, 2.05) is 20.2 Å². The molecular weight excluding hydrogens is 152 g/mol. The Labute approximate surface area is 72.3 Å². The molecule has 0 radical (unpaired) electrons. The maximum Gasteiger partial charge on any atom is 0.0698 e. The molecular formula is C9H14N2O. The van der Waals surface area contributed by atoms with Crippen molar-refractivity contribution in [1.29, 1.82) is 0 Å². The number of allylic oxidation sites excluding steroid dienone is 1. The fourth-order valence-corrected chi connectivity index (χ4v) is 1.08. The van der Waals surface area contributed by atoms with E-state index in [1.54, 1.807) is 23.9 Å². The summed E-state index contributed by atoms with van der Waals surface area (Å²) >= 11 is 0. The summed E-state index contributed by atoms with van der Waals surface area (Å²) in [5.41, 5.74) is 2.11. The van der Waals surface area contributed by atoms with Gasteiger partial charge in [-0.3, -0.25) is 4.68 Å². The zero-order chi connectivity index (χ0) is 9.14. The van der Waals surface area contributed by atoms with Crippen LogP contribution in [0.15, 0.2) is 18.5 Å². The van der Waals surface area contributed by atoms with Crippen molar-refractivity contribution in [3.8, 4) is 0 Å². The fraction of sp³-hybridized carbons (Fsp3) is 0.444. The van der Waals surface area contributed by atoms with E-state index in [0.29, 0.717) is 0 Å². The number of hydrogen-bond acceptors (Lipinski definition) is 2. The Hall–Kier alpha value is -1.09. The van der Waals surface area contributed by atoms with E-state index in [0.717, 1.165) is 11.1 Å². The van der Waals surface area contributed by atoms with E-state index in [-0.39, 0.29) is 0 Å². The first-order valence-corrected chi connectivity index (χ1v) is 3.95. The summed E-state index contributed by atoms with van der Waals surface area (Å²) in [5.74, 6) is 0. The van der Waals surface area contributed by atoms with Gasteiger partial charge in [-0.25, -0.2) is 0 Å². The highest BCUT2D eigenvalue weighted by atomic mass is 16.3. The monoisotopic (exact) mass is 166 g/mol. The van der Waals surface area contributed by atoms with Crippen molar-refractivity contribution >= 4 is 5.57 Å². The largest absolute Gasteiger partial charge is 0.389 e. The maximum absolute atomic E-state index is 9.09. The van der Waals surface area contributed by atoms with E-state index in [4.69, 9.17) is 5.11 Å². The standard InChI is InChI=1S/C9H14N2O/c1-7(4-8(2)12)9-5-10-11(3)6-9/h4-6,8,12H,1-3H3/b7-4-. The summed E-state index contributed by atoms with van der Waals surface area (Å²) in [6.45, 7) is 3.70. The third kappa shape index (κ3) is 2.20. The number of aryl methyl sites for hydroxylation is 1.